The molecule has 1 aliphatic carbocycles. The summed E-state index contributed by atoms with van der Waals surface area (Å²) in [7, 11) is 3.64. The lowest BCUT2D eigenvalue weighted by atomic mass is 9.79. The van der Waals surface area contributed by atoms with E-state index < -0.39 is 5.54 Å². The molecule has 0 bridgehead atoms. The van der Waals surface area contributed by atoms with E-state index in [-0.39, 0.29) is 5.97 Å². The molecule has 0 radical (unpaired) electrons. The fourth-order valence-corrected chi connectivity index (χ4v) is 3.72. The minimum atomic E-state index is -0.775. The predicted octanol–water partition coefficient (Wildman–Crippen LogP) is 0.826. The summed E-state index contributed by atoms with van der Waals surface area (Å²) in [5.74, 6) is -0.247. The Morgan fingerprint density at radius 2 is 2.20 bits per heavy atom. The number of nitrogens with zero attached hydrogens (tertiary/aromatic N) is 2. The van der Waals surface area contributed by atoms with E-state index in [0.29, 0.717) is 12.1 Å². The van der Waals surface area contributed by atoms with Gasteiger partial charge in [-0.1, -0.05) is 6.92 Å². The molecule has 3 atom stereocenters. The third-order valence-corrected chi connectivity index (χ3v) is 5.15. The second kappa shape index (κ2) is 6.41. The van der Waals surface area contributed by atoms with Gasteiger partial charge in [-0.25, -0.2) is 0 Å². The largest absolute Gasteiger partial charge is 0.468 e. The summed E-state index contributed by atoms with van der Waals surface area (Å²) in [6.07, 6.45) is 4.82. The monoisotopic (exact) mass is 283 g/mol. The molecule has 0 aromatic carbocycles. The van der Waals surface area contributed by atoms with E-state index in [1.54, 1.807) is 0 Å². The lowest BCUT2D eigenvalue weighted by Crippen LogP contribution is -2.60. The lowest BCUT2D eigenvalue weighted by Gasteiger charge is -2.46. The van der Waals surface area contributed by atoms with Crippen molar-refractivity contribution < 1.29 is 9.53 Å². The van der Waals surface area contributed by atoms with Crippen molar-refractivity contribution in [1.82, 2.24) is 9.80 Å². The van der Waals surface area contributed by atoms with Crippen LogP contribution in [-0.2, 0) is 9.53 Å². The number of hydrogen-bond acceptors (Lipinski definition) is 5. The summed E-state index contributed by atoms with van der Waals surface area (Å²) in [6, 6.07) is 1.05. The van der Waals surface area contributed by atoms with E-state index in [9.17, 15) is 4.79 Å². The molecule has 116 valence electrons. The van der Waals surface area contributed by atoms with Crippen molar-refractivity contribution in [2.45, 2.75) is 56.7 Å². The molecule has 2 fully saturated rings. The zero-order chi connectivity index (χ0) is 14.8. The number of likely N-dealkylation sites (N-methyl/N-ethyl adjacent to an activating group) is 1. The van der Waals surface area contributed by atoms with Crippen LogP contribution < -0.4 is 5.73 Å². The number of nitrogens with two attached hydrogens (primary N) is 1. The first-order valence-electron chi connectivity index (χ1n) is 7.81. The SMILES string of the molecule is CCC1CN(C2CCCC(N)(C(=O)OC)C2)CCN1C. The lowest BCUT2D eigenvalue weighted by molar-refractivity contribution is -0.149. The smallest absolute Gasteiger partial charge is 0.325 e. The molecule has 2 N–H and O–H groups in total. The van der Waals surface area contributed by atoms with Gasteiger partial charge in [0.25, 0.3) is 0 Å². The van der Waals surface area contributed by atoms with E-state index >= 15 is 0 Å². The molecule has 0 aromatic rings. The zero-order valence-corrected chi connectivity index (χ0v) is 13.1. The highest BCUT2D eigenvalue weighted by molar-refractivity contribution is 5.80. The average molecular weight is 283 g/mol. The highest BCUT2D eigenvalue weighted by Crippen LogP contribution is 2.31. The molecule has 5 nitrogen and oxygen atoms in total. The summed E-state index contributed by atoms with van der Waals surface area (Å²) in [5.41, 5.74) is 5.52. The molecule has 0 aromatic heterocycles. The predicted molar refractivity (Wildman–Crippen MR) is 79.5 cm³/mol. The summed E-state index contributed by atoms with van der Waals surface area (Å²) in [5, 5.41) is 0. The first-order valence-corrected chi connectivity index (χ1v) is 7.81. The van der Waals surface area contributed by atoms with Gasteiger partial charge in [0.05, 0.1) is 7.11 Å². The van der Waals surface area contributed by atoms with Crippen LogP contribution in [0, 0.1) is 0 Å². The third-order valence-electron chi connectivity index (χ3n) is 5.15. The first kappa shape index (κ1) is 15.7. The quantitative estimate of drug-likeness (QED) is 0.777. The number of methoxy groups -OCH3 is 1. The van der Waals surface area contributed by atoms with E-state index in [1.165, 1.54) is 13.5 Å². The Kier molecular flexibility index (Phi) is 5.04. The minimum absolute atomic E-state index is 0.247. The van der Waals surface area contributed by atoms with Gasteiger partial charge in [-0.3, -0.25) is 9.69 Å². The van der Waals surface area contributed by atoms with Crippen LogP contribution >= 0.6 is 0 Å². The maximum atomic E-state index is 11.9. The molecule has 1 heterocycles. The molecule has 1 saturated heterocycles. The van der Waals surface area contributed by atoms with Gasteiger partial charge < -0.3 is 15.4 Å². The first-order chi connectivity index (χ1) is 9.50. The van der Waals surface area contributed by atoms with Gasteiger partial charge in [-0.2, -0.15) is 0 Å². The van der Waals surface area contributed by atoms with Gasteiger partial charge in [0, 0.05) is 31.7 Å². The number of rotatable bonds is 3. The number of piperazine rings is 1. The third kappa shape index (κ3) is 3.15. The Bertz CT molecular complexity index is 350. The van der Waals surface area contributed by atoms with Crippen LogP contribution in [-0.4, -0.2) is 67.2 Å². The number of esters is 1. The molecular formula is C15H29N3O2. The molecule has 2 aliphatic rings. The van der Waals surface area contributed by atoms with Crippen LogP contribution in [0.5, 0.6) is 0 Å². The summed E-state index contributed by atoms with van der Waals surface area (Å²) in [6.45, 7) is 5.52. The minimum Gasteiger partial charge on any atom is -0.468 e. The fourth-order valence-electron chi connectivity index (χ4n) is 3.72. The van der Waals surface area contributed by atoms with Crippen LogP contribution in [0.15, 0.2) is 0 Å². The van der Waals surface area contributed by atoms with Crippen LogP contribution in [0.25, 0.3) is 0 Å². The van der Waals surface area contributed by atoms with Crippen molar-refractivity contribution in [3.05, 3.63) is 0 Å². The van der Waals surface area contributed by atoms with Gasteiger partial charge in [0.1, 0.15) is 5.54 Å². The Hall–Kier alpha value is -0.650. The van der Waals surface area contributed by atoms with Gasteiger partial charge in [-0.05, 0) is 39.2 Å². The second-order valence-corrected chi connectivity index (χ2v) is 6.44. The maximum absolute atomic E-state index is 11.9. The normalized spacial score (nSPS) is 36.8. The summed E-state index contributed by atoms with van der Waals surface area (Å²) < 4.78 is 4.90. The van der Waals surface area contributed by atoms with Crippen LogP contribution in [0.2, 0.25) is 0 Å². The number of hydrogen-bond donors (Lipinski definition) is 1. The Labute approximate surface area is 122 Å². The second-order valence-electron chi connectivity index (χ2n) is 6.44. The highest BCUT2D eigenvalue weighted by Gasteiger charge is 2.42. The van der Waals surface area contributed by atoms with Crippen LogP contribution in [0.1, 0.15) is 39.0 Å². The molecular weight excluding hydrogens is 254 g/mol. The van der Waals surface area contributed by atoms with Gasteiger partial charge in [0.15, 0.2) is 0 Å². The maximum Gasteiger partial charge on any atom is 0.325 e. The average Bonchev–Trinajstić information content (AvgIpc) is 2.46. The Balaban J connectivity index is 2.00. The highest BCUT2D eigenvalue weighted by atomic mass is 16.5. The molecule has 0 amide bonds. The van der Waals surface area contributed by atoms with Crippen molar-refractivity contribution in [3.8, 4) is 0 Å². The van der Waals surface area contributed by atoms with E-state index in [2.05, 4.69) is 23.8 Å². The fraction of sp³-hybridized carbons (Fsp3) is 0.933. The molecule has 3 unspecified atom stereocenters. The molecule has 0 spiro atoms. The van der Waals surface area contributed by atoms with Gasteiger partial charge in [0.2, 0.25) is 0 Å². The van der Waals surface area contributed by atoms with Crippen molar-refractivity contribution in [2.75, 3.05) is 33.8 Å². The van der Waals surface area contributed by atoms with Gasteiger partial charge in [-0.15, -0.1) is 0 Å². The summed E-state index contributed by atoms with van der Waals surface area (Å²) >= 11 is 0. The van der Waals surface area contributed by atoms with Crippen LogP contribution in [0.4, 0.5) is 0 Å². The van der Waals surface area contributed by atoms with Crippen molar-refractivity contribution >= 4 is 5.97 Å². The van der Waals surface area contributed by atoms with Crippen molar-refractivity contribution in [1.29, 1.82) is 0 Å². The zero-order valence-electron chi connectivity index (χ0n) is 13.1. The van der Waals surface area contributed by atoms with E-state index in [1.807, 2.05) is 0 Å². The number of ether oxygens (including phenoxy) is 1. The standard InChI is InChI=1S/C15H29N3O2/c1-4-12-11-18(9-8-17(12)2)13-6-5-7-15(16,10-13)14(19)20-3/h12-13H,4-11,16H2,1-3H3. The van der Waals surface area contributed by atoms with Crippen LogP contribution in [0.3, 0.4) is 0 Å². The van der Waals surface area contributed by atoms with Crippen molar-refractivity contribution in [2.24, 2.45) is 5.73 Å². The molecule has 20 heavy (non-hydrogen) atoms. The molecule has 2 rings (SSSR count). The topological polar surface area (TPSA) is 58.8 Å². The van der Waals surface area contributed by atoms with Gasteiger partial charge >= 0.3 is 5.97 Å². The Morgan fingerprint density at radius 3 is 2.85 bits per heavy atom. The Morgan fingerprint density at radius 1 is 1.45 bits per heavy atom. The molecule has 1 saturated carbocycles. The molecule has 5 heteroatoms. The van der Waals surface area contributed by atoms with Crippen molar-refractivity contribution in [3.63, 3.8) is 0 Å². The number of carbonyl (C=O) groups excluding carboxylic acids is 1. The number of carbonyl (C=O) groups is 1. The van der Waals surface area contributed by atoms with E-state index in [0.717, 1.165) is 45.3 Å². The molecule has 1 aliphatic heterocycles. The van der Waals surface area contributed by atoms with E-state index in [4.69, 9.17) is 10.5 Å². The summed E-state index contributed by atoms with van der Waals surface area (Å²) in [4.78, 5) is 16.9.